The fourth-order valence-electron chi connectivity index (χ4n) is 2.10. The number of terminal acetylenes is 1. The highest BCUT2D eigenvalue weighted by atomic mass is 16.5. The first-order valence-corrected chi connectivity index (χ1v) is 6.00. The third-order valence-corrected chi connectivity index (χ3v) is 2.99. The van der Waals surface area contributed by atoms with E-state index in [1.165, 1.54) is 11.1 Å². The Kier molecular flexibility index (Phi) is 3.13. The van der Waals surface area contributed by atoms with Gasteiger partial charge in [0.15, 0.2) is 0 Å². The molecule has 1 aliphatic rings. The summed E-state index contributed by atoms with van der Waals surface area (Å²) in [5, 5.41) is 3.28. The highest BCUT2D eigenvalue weighted by molar-refractivity contribution is 5.41. The van der Waals surface area contributed by atoms with Crippen LogP contribution < -0.4 is 10.1 Å². The van der Waals surface area contributed by atoms with E-state index in [2.05, 4.69) is 43.3 Å². The number of rotatable bonds is 3. The standard InChI is InChI=1S/C15H19NO/c1-5-11(2)16-10-12-6-7-14-13(8-12)9-15(3,4)17-14/h1,6-8,11,16H,9-10H2,2-4H3. The van der Waals surface area contributed by atoms with Crippen LogP contribution in [0.1, 0.15) is 31.9 Å². The number of fused-ring (bicyclic) bond motifs is 1. The number of ether oxygens (including phenoxy) is 1. The van der Waals surface area contributed by atoms with Crippen LogP contribution in [0.15, 0.2) is 18.2 Å². The van der Waals surface area contributed by atoms with Gasteiger partial charge in [-0.2, -0.15) is 0 Å². The number of benzene rings is 1. The van der Waals surface area contributed by atoms with Crippen molar-refractivity contribution in [2.45, 2.75) is 45.4 Å². The monoisotopic (exact) mass is 229 g/mol. The summed E-state index contributed by atoms with van der Waals surface area (Å²) in [7, 11) is 0. The Labute approximate surface area is 103 Å². The first-order valence-electron chi connectivity index (χ1n) is 6.00. The minimum Gasteiger partial charge on any atom is -0.487 e. The molecule has 2 rings (SSSR count). The van der Waals surface area contributed by atoms with Gasteiger partial charge in [-0.15, -0.1) is 6.42 Å². The quantitative estimate of drug-likeness (QED) is 0.804. The molecule has 0 aliphatic carbocycles. The topological polar surface area (TPSA) is 21.3 Å². The fourth-order valence-corrected chi connectivity index (χ4v) is 2.10. The SMILES string of the molecule is C#CC(C)NCc1ccc2c(c1)CC(C)(C)O2. The Bertz CT molecular complexity index is 456. The molecule has 0 saturated carbocycles. The van der Waals surface area contributed by atoms with Gasteiger partial charge >= 0.3 is 0 Å². The molecule has 2 nitrogen and oxygen atoms in total. The van der Waals surface area contributed by atoms with E-state index in [0.717, 1.165) is 18.7 Å². The van der Waals surface area contributed by atoms with Crippen molar-refractivity contribution < 1.29 is 4.74 Å². The van der Waals surface area contributed by atoms with Gasteiger partial charge in [-0.1, -0.05) is 18.1 Å². The summed E-state index contributed by atoms with van der Waals surface area (Å²) in [5.41, 5.74) is 2.48. The highest BCUT2D eigenvalue weighted by Gasteiger charge is 2.29. The maximum Gasteiger partial charge on any atom is 0.123 e. The first kappa shape index (κ1) is 12.0. The van der Waals surface area contributed by atoms with Crippen LogP contribution in [-0.2, 0) is 13.0 Å². The molecular weight excluding hydrogens is 210 g/mol. The van der Waals surface area contributed by atoms with Gasteiger partial charge in [-0.3, -0.25) is 5.32 Å². The van der Waals surface area contributed by atoms with E-state index in [1.807, 2.05) is 6.92 Å². The lowest BCUT2D eigenvalue weighted by Gasteiger charge is -2.16. The molecule has 1 aliphatic heterocycles. The first-order chi connectivity index (χ1) is 8.00. The third-order valence-electron chi connectivity index (χ3n) is 2.99. The van der Waals surface area contributed by atoms with Crippen molar-refractivity contribution in [1.82, 2.24) is 5.32 Å². The Morgan fingerprint density at radius 1 is 1.53 bits per heavy atom. The van der Waals surface area contributed by atoms with E-state index in [1.54, 1.807) is 0 Å². The number of nitrogens with one attached hydrogen (secondary N) is 1. The van der Waals surface area contributed by atoms with Crippen molar-refractivity contribution in [1.29, 1.82) is 0 Å². The maximum absolute atomic E-state index is 5.84. The second-order valence-corrected chi connectivity index (χ2v) is 5.25. The van der Waals surface area contributed by atoms with Crippen LogP contribution in [0, 0.1) is 12.3 Å². The molecule has 1 N–H and O–H groups in total. The van der Waals surface area contributed by atoms with Crippen LogP contribution in [0.5, 0.6) is 5.75 Å². The normalized spacial score (nSPS) is 18.0. The summed E-state index contributed by atoms with van der Waals surface area (Å²) in [5.74, 6) is 3.68. The molecule has 0 fully saturated rings. The fraction of sp³-hybridized carbons (Fsp3) is 0.467. The molecule has 1 atom stereocenters. The Morgan fingerprint density at radius 3 is 3.00 bits per heavy atom. The van der Waals surface area contributed by atoms with Crippen molar-refractivity contribution >= 4 is 0 Å². The second-order valence-electron chi connectivity index (χ2n) is 5.25. The second kappa shape index (κ2) is 4.43. The van der Waals surface area contributed by atoms with Crippen LogP contribution in [0.25, 0.3) is 0 Å². The van der Waals surface area contributed by atoms with E-state index in [4.69, 9.17) is 11.2 Å². The molecule has 0 amide bonds. The van der Waals surface area contributed by atoms with Crippen molar-refractivity contribution in [3.63, 3.8) is 0 Å². The molecule has 1 heterocycles. The zero-order chi connectivity index (χ0) is 12.5. The molecule has 2 heteroatoms. The minimum absolute atomic E-state index is 0.0690. The zero-order valence-electron chi connectivity index (χ0n) is 10.7. The van der Waals surface area contributed by atoms with Gasteiger partial charge < -0.3 is 4.74 Å². The number of hydrogen-bond donors (Lipinski definition) is 1. The molecule has 0 radical (unpaired) electrons. The highest BCUT2D eigenvalue weighted by Crippen LogP contribution is 2.35. The molecule has 0 saturated heterocycles. The molecule has 1 aromatic rings. The van der Waals surface area contributed by atoms with Gasteiger partial charge in [0.05, 0.1) is 6.04 Å². The van der Waals surface area contributed by atoms with Gasteiger partial charge in [-0.05, 0) is 38.0 Å². The van der Waals surface area contributed by atoms with E-state index >= 15 is 0 Å². The largest absolute Gasteiger partial charge is 0.487 e. The van der Waals surface area contributed by atoms with Crippen LogP contribution in [-0.4, -0.2) is 11.6 Å². The molecule has 1 aromatic carbocycles. The lowest BCUT2D eigenvalue weighted by Crippen LogP contribution is -2.24. The zero-order valence-corrected chi connectivity index (χ0v) is 10.7. The van der Waals surface area contributed by atoms with Crippen molar-refractivity contribution in [2.75, 3.05) is 0 Å². The maximum atomic E-state index is 5.84. The Balaban J connectivity index is 2.07. The smallest absolute Gasteiger partial charge is 0.123 e. The molecule has 0 bridgehead atoms. The third kappa shape index (κ3) is 2.81. The molecule has 90 valence electrons. The summed E-state index contributed by atoms with van der Waals surface area (Å²) in [6.07, 6.45) is 6.30. The summed E-state index contributed by atoms with van der Waals surface area (Å²) in [4.78, 5) is 0. The van der Waals surface area contributed by atoms with Crippen molar-refractivity contribution in [2.24, 2.45) is 0 Å². The molecule has 1 unspecified atom stereocenters. The van der Waals surface area contributed by atoms with Gasteiger partial charge in [0.25, 0.3) is 0 Å². The molecule has 17 heavy (non-hydrogen) atoms. The predicted molar refractivity (Wildman–Crippen MR) is 70.0 cm³/mol. The minimum atomic E-state index is -0.0690. The molecule has 0 spiro atoms. The molecular formula is C15H19NO. The van der Waals surface area contributed by atoms with Crippen molar-refractivity contribution in [3.05, 3.63) is 29.3 Å². The lowest BCUT2D eigenvalue weighted by atomic mass is 10.0. The summed E-state index contributed by atoms with van der Waals surface area (Å²) < 4.78 is 5.84. The van der Waals surface area contributed by atoms with Crippen LogP contribution in [0.3, 0.4) is 0 Å². The number of hydrogen-bond acceptors (Lipinski definition) is 2. The van der Waals surface area contributed by atoms with Crippen LogP contribution in [0.2, 0.25) is 0 Å². The van der Waals surface area contributed by atoms with Crippen LogP contribution in [0.4, 0.5) is 0 Å². The lowest BCUT2D eigenvalue weighted by molar-refractivity contribution is 0.138. The van der Waals surface area contributed by atoms with Gasteiger partial charge in [-0.25, -0.2) is 0 Å². The Morgan fingerprint density at radius 2 is 2.29 bits per heavy atom. The van der Waals surface area contributed by atoms with E-state index in [-0.39, 0.29) is 11.6 Å². The van der Waals surface area contributed by atoms with Crippen LogP contribution >= 0.6 is 0 Å². The summed E-state index contributed by atoms with van der Waals surface area (Å²) in [6, 6.07) is 6.47. The van der Waals surface area contributed by atoms with Gasteiger partial charge in [0, 0.05) is 13.0 Å². The van der Waals surface area contributed by atoms with Crippen molar-refractivity contribution in [3.8, 4) is 18.1 Å². The average molecular weight is 229 g/mol. The summed E-state index contributed by atoms with van der Waals surface area (Å²) >= 11 is 0. The van der Waals surface area contributed by atoms with E-state index in [9.17, 15) is 0 Å². The van der Waals surface area contributed by atoms with E-state index in [0.29, 0.717) is 0 Å². The predicted octanol–water partition coefficient (Wildman–Crippen LogP) is 2.51. The molecule has 0 aromatic heterocycles. The Hall–Kier alpha value is -1.46. The van der Waals surface area contributed by atoms with Gasteiger partial charge in [0.2, 0.25) is 0 Å². The van der Waals surface area contributed by atoms with E-state index < -0.39 is 0 Å². The summed E-state index contributed by atoms with van der Waals surface area (Å²) in [6.45, 7) is 7.02. The average Bonchev–Trinajstić information content (AvgIpc) is 2.58. The van der Waals surface area contributed by atoms with Gasteiger partial charge in [0.1, 0.15) is 11.4 Å².